The number of nitrogens with zero attached hydrogens (tertiary/aromatic N) is 1. The molecule has 0 bridgehead atoms. The van der Waals surface area contributed by atoms with E-state index in [1.54, 1.807) is 6.92 Å². The lowest BCUT2D eigenvalue weighted by Crippen LogP contribution is -2.26. The quantitative estimate of drug-likeness (QED) is 0.820. The van der Waals surface area contributed by atoms with Crippen LogP contribution in [-0.4, -0.2) is 20.5 Å². The van der Waals surface area contributed by atoms with E-state index in [1.807, 2.05) is 12.3 Å². The van der Waals surface area contributed by atoms with Crippen LogP contribution in [0.4, 0.5) is 5.69 Å². The van der Waals surface area contributed by atoms with Crippen LogP contribution in [0.2, 0.25) is 0 Å². The molecule has 2 aromatic rings. The second-order valence-electron chi connectivity index (χ2n) is 4.57. The molecule has 0 radical (unpaired) electrons. The van der Waals surface area contributed by atoms with E-state index in [1.165, 1.54) is 36.6 Å². The number of hydrogen-bond acceptors (Lipinski definition) is 6. The molecule has 0 aliphatic heterocycles. The Hall–Kier alpha value is -1.64. The number of nitrogens with two attached hydrogens (primary N) is 1. The summed E-state index contributed by atoms with van der Waals surface area (Å²) in [5.41, 5.74) is 6.95. The van der Waals surface area contributed by atoms with Gasteiger partial charge in [0, 0.05) is 17.1 Å². The van der Waals surface area contributed by atoms with Gasteiger partial charge in [-0.15, -0.1) is 11.3 Å². The molecule has 1 unspecified atom stereocenters. The van der Waals surface area contributed by atoms with Crippen molar-refractivity contribution >= 4 is 27.0 Å². The Morgan fingerprint density at radius 1 is 1.43 bits per heavy atom. The van der Waals surface area contributed by atoms with Gasteiger partial charge >= 0.3 is 0 Å². The molecule has 114 valence electrons. The van der Waals surface area contributed by atoms with Crippen LogP contribution in [0, 0.1) is 6.92 Å². The monoisotopic (exact) mass is 327 g/mol. The molecule has 0 fully saturated rings. The van der Waals surface area contributed by atoms with Crippen molar-refractivity contribution < 1.29 is 13.2 Å². The molecule has 0 aliphatic rings. The number of anilines is 1. The third-order valence-electron chi connectivity index (χ3n) is 2.85. The number of thiazole rings is 1. The van der Waals surface area contributed by atoms with Gasteiger partial charge < -0.3 is 10.5 Å². The molecule has 1 heterocycles. The molecule has 1 atom stereocenters. The van der Waals surface area contributed by atoms with Crippen molar-refractivity contribution in [1.82, 2.24) is 9.71 Å². The maximum atomic E-state index is 12.4. The summed E-state index contributed by atoms with van der Waals surface area (Å²) >= 11 is 1.42. The first-order valence-corrected chi connectivity index (χ1v) is 8.57. The van der Waals surface area contributed by atoms with E-state index in [-0.39, 0.29) is 4.90 Å². The lowest BCUT2D eigenvalue weighted by Gasteiger charge is -2.13. The number of nitrogens with one attached hydrogen (secondary N) is 1. The van der Waals surface area contributed by atoms with Crippen molar-refractivity contribution in [3.8, 4) is 5.75 Å². The highest BCUT2D eigenvalue weighted by Gasteiger charge is 2.21. The smallest absolute Gasteiger partial charge is 0.241 e. The minimum absolute atomic E-state index is 0.105. The molecule has 1 aromatic carbocycles. The van der Waals surface area contributed by atoms with E-state index in [0.717, 1.165) is 10.7 Å². The third-order valence-corrected chi connectivity index (χ3v) is 5.54. The molecule has 8 heteroatoms. The van der Waals surface area contributed by atoms with Gasteiger partial charge in [0.25, 0.3) is 0 Å². The van der Waals surface area contributed by atoms with Crippen LogP contribution < -0.4 is 15.2 Å². The number of nitrogen functional groups attached to an aromatic ring is 1. The van der Waals surface area contributed by atoms with Gasteiger partial charge in [-0.3, -0.25) is 0 Å². The molecule has 0 saturated carbocycles. The second-order valence-corrected chi connectivity index (χ2v) is 7.18. The van der Waals surface area contributed by atoms with Crippen molar-refractivity contribution in [1.29, 1.82) is 0 Å². The van der Waals surface area contributed by atoms with E-state index in [9.17, 15) is 8.42 Å². The Balaban J connectivity index is 2.26. The first-order valence-electron chi connectivity index (χ1n) is 6.21. The van der Waals surface area contributed by atoms with Crippen LogP contribution in [0.15, 0.2) is 28.5 Å². The average Bonchev–Trinajstić information content (AvgIpc) is 2.85. The van der Waals surface area contributed by atoms with Crippen molar-refractivity contribution in [3.05, 3.63) is 34.3 Å². The Morgan fingerprint density at radius 3 is 2.71 bits per heavy atom. The minimum atomic E-state index is -3.67. The van der Waals surface area contributed by atoms with Gasteiger partial charge in [0.1, 0.15) is 10.8 Å². The molecule has 0 amide bonds. The summed E-state index contributed by atoms with van der Waals surface area (Å²) < 4.78 is 32.4. The standard InChI is InChI=1S/C13H17N3O3S2/c1-8-7-20-13(15-8)9(2)16-21(17,18)10-4-5-11(14)12(6-10)19-3/h4-7,9,16H,14H2,1-3H3. The van der Waals surface area contributed by atoms with Crippen LogP contribution in [0.25, 0.3) is 0 Å². The van der Waals surface area contributed by atoms with Gasteiger partial charge in [0.2, 0.25) is 10.0 Å². The number of sulfonamides is 1. The van der Waals surface area contributed by atoms with Crippen molar-refractivity contribution in [2.45, 2.75) is 24.8 Å². The van der Waals surface area contributed by atoms with Crippen molar-refractivity contribution in [3.63, 3.8) is 0 Å². The molecule has 6 nitrogen and oxygen atoms in total. The van der Waals surface area contributed by atoms with Crippen LogP contribution in [-0.2, 0) is 10.0 Å². The molecule has 0 aliphatic carbocycles. The van der Waals surface area contributed by atoms with Gasteiger partial charge in [-0.1, -0.05) is 0 Å². The minimum Gasteiger partial charge on any atom is -0.495 e. The summed E-state index contributed by atoms with van der Waals surface area (Å²) in [5.74, 6) is 0.329. The highest BCUT2D eigenvalue weighted by Crippen LogP contribution is 2.26. The second kappa shape index (κ2) is 6.00. The number of rotatable bonds is 5. The summed E-state index contributed by atoms with van der Waals surface area (Å²) in [6.45, 7) is 3.62. The Labute approximate surface area is 128 Å². The highest BCUT2D eigenvalue weighted by atomic mass is 32.2. The summed E-state index contributed by atoms with van der Waals surface area (Å²) in [4.78, 5) is 4.39. The van der Waals surface area contributed by atoms with E-state index in [0.29, 0.717) is 11.4 Å². The summed E-state index contributed by atoms with van der Waals surface area (Å²) in [5, 5.41) is 2.60. The van der Waals surface area contributed by atoms with Crippen molar-refractivity contribution in [2.75, 3.05) is 12.8 Å². The number of aromatic nitrogens is 1. The topological polar surface area (TPSA) is 94.3 Å². The fourth-order valence-corrected chi connectivity index (χ4v) is 3.88. The van der Waals surface area contributed by atoms with Gasteiger partial charge in [0.15, 0.2) is 0 Å². The predicted molar refractivity (Wildman–Crippen MR) is 83.0 cm³/mol. The summed E-state index contributed by atoms with van der Waals surface area (Å²) in [6.07, 6.45) is 0. The van der Waals surface area contributed by atoms with Crippen LogP contribution in [0.3, 0.4) is 0 Å². The molecule has 1 aromatic heterocycles. The third kappa shape index (κ3) is 3.52. The fourth-order valence-electron chi connectivity index (χ4n) is 1.78. The molecule has 2 rings (SSSR count). The normalized spacial score (nSPS) is 13.1. The number of benzene rings is 1. The van der Waals surface area contributed by atoms with Gasteiger partial charge in [-0.2, -0.15) is 0 Å². The number of methoxy groups -OCH3 is 1. The SMILES string of the molecule is COc1cc(S(=O)(=O)NC(C)c2nc(C)cs2)ccc1N. The highest BCUT2D eigenvalue weighted by molar-refractivity contribution is 7.89. The van der Waals surface area contributed by atoms with E-state index >= 15 is 0 Å². The Morgan fingerprint density at radius 2 is 2.14 bits per heavy atom. The van der Waals surface area contributed by atoms with Crippen LogP contribution in [0.5, 0.6) is 5.75 Å². The van der Waals surface area contributed by atoms with Crippen LogP contribution >= 0.6 is 11.3 Å². The average molecular weight is 327 g/mol. The van der Waals surface area contributed by atoms with Crippen LogP contribution in [0.1, 0.15) is 23.7 Å². The van der Waals surface area contributed by atoms with Gasteiger partial charge in [0.05, 0.1) is 23.7 Å². The summed E-state index contributed by atoms with van der Waals surface area (Å²) in [6, 6.07) is 3.94. The molecular formula is C13H17N3O3S2. The summed E-state index contributed by atoms with van der Waals surface area (Å²) in [7, 11) is -2.23. The first kappa shape index (κ1) is 15.7. The molecule has 21 heavy (non-hydrogen) atoms. The molecule has 3 N–H and O–H groups in total. The maximum absolute atomic E-state index is 12.4. The zero-order valence-corrected chi connectivity index (χ0v) is 13.6. The van der Waals surface area contributed by atoms with E-state index in [2.05, 4.69) is 9.71 Å². The lowest BCUT2D eigenvalue weighted by atomic mass is 10.3. The van der Waals surface area contributed by atoms with Crippen molar-refractivity contribution in [2.24, 2.45) is 0 Å². The number of hydrogen-bond donors (Lipinski definition) is 2. The van der Waals surface area contributed by atoms with E-state index in [4.69, 9.17) is 10.5 Å². The lowest BCUT2D eigenvalue weighted by molar-refractivity contribution is 0.415. The molecule has 0 saturated heterocycles. The fraction of sp³-hybridized carbons (Fsp3) is 0.308. The Kier molecular flexibility index (Phi) is 4.50. The zero-order chi connectivity index (χ0) is 15.6. The Bertz CT molecular complexity index is 741. The number of aryl methyl sites for hydroxylation is 1. The molecular weight excluding hydrogens is 310 g/mol. The van der Waals surface area contributed by atoms with E-state index < -0.39 is 16.1 Å². The predicted octanol–water partition coefficient (Wildman–Crippen LogP) is 2.08. The zero-order valence-electron chi connectivity index (χ0n) is 12.0. The molecule has 0 spiro atoms. The van der Waals surface area contributed by atoms with Gasteiger partial charge in [-0.25, -0.2) is 18.1 Å². The first-order chi connectivity index (χ1) is 9.83. The van der Waals surface area contributed by atoms with Gasteiger partial charge in [-0.05, 0) is 26.0 Å². The maximum Gasteiger partial charge on any atom is 0.241 e. The number of ether oxygens (including phenoxy) is 1. The largest absolute Gasteiger partial charge is 0.495 e.